The Labute approximate surface area is 103 Å². The summed E-state index contributed by atoms with van der Waals surface area (Å²) in [5.74, 6) is -2.72. The van der Waals surface area contributed by atoms with Gasteiger partial charge in [-0.05, 0) is 6.42 Å². The van der Waals surface area contributed by atoms with Crippen LogP contribution in [-0.4, -0.2) is 30.8 Å². The number of nitrogens with two attached hydrogens (primary N) is 1. The van der Waals surface area contributed by atoms with Crippen LogP contribution < -0.4 is 15.8 Å². The molecule has 0 saturated heterocycles. The largest absolute Gasteiger partial charge is 0.494 e. The van der Waals surface area contributed by atoms with Crippen LogP contribution in [0.25, 0.3) is 0 Å². The first-order valence-corrected chi connectivity index (χ1v) is 5.21. The molecular weight excluding hydrogens is 246 g/mol. The van der Waals surface area contributed by atoms with Gasteiger partial charge in [0, 0.05) is 18.7 Å². The number of aliphatic carboxylic acids is 1. The molecule has 0 aromatic heterocycles. The number of carboxylic acids is 1. The number of ether oxygens (including phenoxy) is 1. The minimum absolute atomic E-state index is 0.0640. The van der Waals surface area contributed by atoms with E-state index >= 15 is 0 Å². The number of methoxy groups -OCH3 is 1. The van der Waals surface area contributed by atoms with Crippen molar-refractivity contribution in [2.45, 2.75) is 12.5 Å². The SMILES string of the molecule is COc1cc(F)c(NCCC(N)C(=O)O)cc1F. The van der Waals surface area contributed by atoms with Gasteiger partial charge in [0.1, 0.15) is 11.9 Å². The van der Waals surface area contributed by atoms with E-state index in [2.05, 4.69) is 10.1 Å². The van der Waals surface area contributed by atoms with Gasteiger partial charge in [-0.25, -0.2) is 8.78 Å². The molecule has 100 valence electrons. The minimum Gasteiger partial charge on any atom is -0.494 e. The van der Waals surface area contributed by atoms with Crippen LogP contribution in [0.3, 0.4) is 0 Å². The highest BCUT2D eigenvalue weighted by Gasteiger charge is 2.13. The van der Waals surface area contributed by atoms with E-state index in [1.54, 1.807) is 0 Å². The molecule has 1 atom stereocenters. The first-order chi connectivity index (χ1) is 8.45. The van der Waals surface area contributed by atoms with Crippen molar-refractivity contribution in [2.75, 3.05) is 19.0 Å². The lowest BCUT2D eigenvalue weighted by Crippen LogP contribution is -2.32. The normalized spacial score (nSPS) is 12.0. The van der Waals surface area contributed by atoms with E-state index in [-0.39, 0.29) is 24.4 Å². The standard InChI is InChI=1S/C11H14F2N2O3/c1-18-10-5-6(12)9(4-7(10)13)15-3-2-8(14)11(16)17/h4-5,8,15H,2-3,14H2,1H3,(H,16,17). The summed E-state index contributed by atoms with van der Waals surface area (Å²) in [5, 5.41) is 11.1. The summed E-state index contributed by atoms with van der Waals surface area (Å²) >= 11 is 0. The molecule has 0 aliphatic rings. The van der Waals surface area contributed by atoms with Crippen LogP contribution in [0, 0.1) is 11.6 Å². The first-order valence-electron chi connectivity index (χ1n) is 5.21. The zero-order chi connectivity index (χ0) is 13.7. The first kappa shape index (κ1) is 14.2. The monoisotopic (exact) mass is 260 g/mol. The lowest BCUT2D eigenvalue weighted by Gasteiger charge is -2.11. The molecule has 0 heterocycles. The maximum absolute atomic E-state index is 13.4. The van der Waals surface area contributed by atoms with Gasteiger partial charge in [0.2, 0.25) is 0 Å². The molecule has 0 amide bonds. The quantitative estimate of drug-likeness (QED) is 0.715. The Morgan fingerprint density at radius 2 is 2.17 bits per heavy atom. The highest BCUT2D eigenvalue weighted by atomic mass is 19.1. The molecule has 1 aromatic carbocycles. The lowest BCUT2D eigenvalue weighted by molar-refractivity contribution is -0.138. The van der Waals surface area contributed by atoms with E-state index in [1.807, 2.05) is 0 Å². The minimum atomic E-state index is -1.14. The molecule has 7 heteroatoms. The third-order valence-electron chi connectivity index (χ3n) is 2.33. The number of hydrogen-bond donors (Lipinski definition) is 3. The number of hydrogen-bond acceptors (Lipinski definition) is 4. The average molecular weight is 260 g/mol. The van der Waals surface area contributed by atoms with Crippen molar-refractivity contribution in [1.29, 1.82) is 0 Å². The Morgan fingerprint density at radius 3 is 2.72 bits per heavy atom. The summed E-state index contributed by atoms with van der Waals surface area (Å²) in [6, 6.07) is 0.818. The second-order valence-corrected chi connectivity index (χ2v) is 3.63. The van der Waals surface area contributed by atoms with E-state index in [9.17, 15) is 13.6 Å². The summed E-state index contributed by atoms with van der Waals surface area (Å²) in [6.45, 7) is 0.121. The van der Waals surface area contributed by atoms with Crippen molar-refractivity contribution >= 4 is 11.7 Å². The number of anilines is 1. The molecule has 4 N–H and O–H groups in total. The van der Waals surface area contributed by atoms with E-state index < -0.39 is 23.6 Å². The molecule has 1 rings (SSSR count). The van der Waals surface area contributed by atoms with Crippen LogP contribution in [-0.2, 0) is 4.79 Å². The molecule has 1 aromatic rings. The van der Waals surface area contributed by atoms with Crippen molar-refractivity contribution in [3.63, 3.8) is 0 Å². The third-order valence-corrected chi connectivity index (χ3v) is 2.33. The molecule has 0 aliphatic carbocycles. The van der Waals surface area contributed by atoms with E-state index in [1.165, 1.54) is 7.11 Å². The van der Waals surface area contributed by atoms with Gasteiger partial charge in [0.05, 0.1) is 12.8 Å². The lowest BCUT2D eigenvalue weighted by atomic mass is 10.2. The summed E-state index contributed by atoms with van der Waals surface area (Å²) in [5.41, 5.74) is 5.20. The highest BCUT2D eigenvalue weighted by molar-refractivity contribution is 5.73. The number of nitrogens with one attached hydrogen (secondary N) is 1. The number of rotatable bonds is 6. The van der Waals surface area contributed by atoms with Crippen LogP contribution in [0.5, 0.6) is 5.75 Å². The Bertz CT molecular complexity index is 441. The Morgan fingerprint density at radius 1 is 1.50 bits per heavy atom. The Kier molecular flexibility index (Phi) is 4.85. The van der Waals surface area contributed by atoms with Gasteiger partial charge in [0.15, 0.2) is 11.6 Å². The van der Waals surface area contributed by atoms with Crippen LogP contribution >= 0.6 is 0 Å². The van der Waals surface area contributed by atoms with Crippen LogP contribution in [0.1, 0.15) is 6.42 Å². The highest BCUT2D eigenvalue weighted by Crippen LogP contribution is 2.24. The molecule has 0 spiro atoms. The van der Waals surface area contributed by atoms with Gasteiger partial charge in [-0.15, -0.1) is 0 Å². The van der Waals surface area contributed by atoms with E-state index in [4.69, 9.17) is 10.8 Å². The summed E-state index contributed by atoms with van der Waals surface area (Å²) in [4.78, 5) is 10.4. The topological polar surface area (TPSA) is 84.6 Å². The van der Waals surface area contributed by atoms with Crippen LogP contribution in [0.4, 0.5) is 14.5 Å². The van der Waals surface area contributed by atoms with Crippen molar-refractivity contribution in [3.8, 4) is 5.75 Å². The zero-order valence-electron chi connectivity index (χ0n) is 9.74. The maximum atomic E-state index is 13.4. The van der Waals surface area contributed by atoms with E-state index in [0.29, 0.717) is 0 Å². The van der Waals surface area contributed by atoms with Crippen molar-refractivity contribution in [3.05, 3.63) is 23.8 Å². The van der Waals surface area contributed by atoms with Gasteiger partial charge < -0.3 is 20.9 Å². The fraction of sp³-hybridized carbons (Fsp3) is 0.364. The molecular formula is C11H14F2N2O3. The van der Waals surface area contributed by atoms with Crippen LogP contribution in [0.2, 0.25) is 0 Å². The Hall–Kier alpha value is -1.89. The molecule has 0 saturated carbocycles. The fourth-order valence-corrected chi connectivity index (χ4v) is 1.31. The molecule has 1 unspecified atom stereocenters. The van der Waals surface area contributed by atoms with Gasteiger partial charge in [-0.2, -0.15) is 0 Å². The second kappa shape index (κ2) is 6.15. The number of halogens is 2. The second-order valence-electron chi connectivity index (χ2n) is 3.63. The maximum Gasteiger partial charge on any atom is 0.320 e. The fourth-order valence-electron chi connectivity index (χ4n) is 1.31. The van der Waals surface area contributed by atoms with Crippen molar-refractivity contribution < 1.29 is 23.4 Å². The summed E-state index contributed by atoms with van der Waals surface area (Å²) in [6.07, 6.45) is 0.0996. The van der Waals surface area contributed by atoms with Crippen molar-refractivity contribution in [2.24, 2.45) is 5.73 Å². The molecule has 0 bridgehead atoms. The van der Waals surface area contributed by atoms with Gasteiger partial charge in [-0.3, -0.25) is 4.79 Å². The van der Waals surface area contributed by atoms with Crippen LogP contribution in [0.15, 0.2) is 12.1 Å². The van der Waals surface area contributed by atoms with Gasteiger partial charge >= 0.3 is 5.97 Å². The van der Waals surface area contributed by atoms with Crippen molar-refractivity contribution in [1.82, 2.24) is 0 Å². The molecule has 0 aliphatic heterocycles. The predicted molar refractivity (Wildman–Crippen MR) is 61.6 cm³/mol. The zero-order valence-corrected chi connectivity index (χ0v) is 9.74. The number of benzene rings is 1. The number of carbonyl (C=O) groups is 1. The number of carboxylic acid groups (broad SMARTS) is 1. The predicted octanol–water partition coefficient (Wildman–Crippen LogP) is 1.19. The molecule has 5 nitrogen and oxygen atoms in total. The third kappa shape index (κ3) is 3.56. The molecule has 0 radical (unpaired) electrons. The smallest absolute Gasteiger partial charge is 0.320 e. The van der Waals surface area contributed by atoms with Gasteiger partial charge in [0.25, 0.3) is 0 Å². The average Bonchev–Trinajstić information content (AvgIpc) is 2.32. The summed E-state index contributed by atoms with van der Waals surface area (Å²) < 4.78 is 31.4. The Balaban J connectivity index is 2.63. The summed E-state index contributed by atoms with van der Waals surface area (Å²) in [7, 11) is 1.23. The molecule has 0 fully saturated rings. The van der Waals surface area contributed by atoms with E-state index in [0.717, 1.165) is 12.1 Å². The molecule has 18 heavy (non-hydrogen) atoms. The van der Waals surface area contributed by atoms with Gasteiger partial charge in [-0.1, -0.05) is 0 Å².